The fourth-order valence-corrected chi connectivity index (χ4v) is 2.82. The minimum absolute atomic E-state index is 0.185. The van der Waals surface area contributed by atoms with Crippen molar-refractivity contribution in [2.75, 3.05) is 11.6 Å². The number of thioether (sulfide) groups is 1. The van der Waals surface area contributed by atoms with Gasteiger partial charge in [0.05, 0.1) is 5.69 Å². The average molecular weight is 300 g/mol. The zero-order valence-corrected chi connectivity index (χ0v) is 13.4. The highest BCUT2D eigenvalue weighted by atomic mass is 32.2. The Kier molecular flexibility index (Phi) is 5.28. The lowest BCUT2D eigenvalue weighted by Gasteiger charge is -2.11. The largest absolute Gasteiger partial charge is 0.334 e. The van der Waals surface area contributed by atoms with E-state index in [0.29, 0.717) is 6.54 Å². The van der Waals surface area contributed by atoms with E-state index in [4.69, 9.17) is 0 Å². The lowest BCUT2D eigenvalue weighted by atomic mass is 10.1. The van der Waals surface area contributed by atoms with Crippen molar-refractivity contribution in [1.82, 2.24) is 5.32 Å². The van der Waals surface area contributed by atoms with Gasteiger partial charge in [0.2, 0.25) is 0 Å². The molecule has 0 fully saturated rings. The summed E-state index contributed by atoms with van der Waals surface area (Å²) in [4.78, 5) is 13.0. The van der Waals surface area contributed by atoms with Gasteiger partial charge in [-0.2, -0.15) is 0 Å². The van der Waals surface area contributed by atoms with Gasteiger partial charge in [0, 0.05) is 11.4 Å². The molecule has 2 aromatic carbocycles. The molecule has 2 aromatic rings. The van der Waals surface area contributed by atoms with Gasteiger partial charge in [-0.25, -0.2) is 4.79 Å². The molecule has 0 spiro atoms. The molecule has 0 aliphatic carbocycles. The fourth-order valence-electron chi connectivity index (χ4n) is 2.27. The normalized spacial score (nSPS) is 10.2. The van der Waals surface area contributed by atoms with Gasteiger partial charge in [-0.05, 0) is 37.8 Å². The summed E-state index contributed by atoms with van der Waals surface area (Å²) in [7, 11) is 0. The van der Waals surface area contributed by atoms with Gasteiger partial charge in [-0.15, -0.1) is 11.8 Å². The third kappa shape index (κ3) is 4.53. The third-order valence-electron chi connectivity index (χ3n) is 3.09. The molecule has 0 aromatic heterocycles. The van der Waals surface area contributed by atoms with Crippen molar-refractivity contribution in [2.45, 2.75) is 25.3 Å². The van der Waals surface area contributed by atoms with E-state index in [0.717, 1.165) is 16.1 Å². The van der Waals surface area contributed by atoms with E-state index in [1.54, 1.807) is 11.8 Å². The number of nitrogens with one attached hydrogen (secondary N) is 2. The number of amides is 2. The van der Waals surface area contributed by atoms with Crippen molar-refractivity contribution in [2.24, 2.45) is 0 Å². The molecule has 2 rings (SSSR count). The van der Waals surface area contributed by atoms with Crippen molar-refractivity contribution < 1.29 is 4.79 Å². The minimum Gasteiger partial charge on any atom is -0.334 e. The highest BCUT2D eigenvalue weighted by molar-refractivity contribution is 7.98. The monoisotopic (exact) mass is 300 g/mol. The summed E-state index contributed by atoms with van der Waals surface area (Å²) in [6.45, 7) is 4.65. The maximum absolute atomic E-state index is 12.0. The molecule has 0 bridgehead atoms. The Hall–Kier alpha value is -1.94. The van der Waals surface area contributed by atoms with Crippen LogP contribution in [0.4, 0.5) is 10.5 Å². The molecule has 0 saturated carbocycles. The number of rotatable bonds is 4. The number of anilines is 1. The van der Waals surface area contributed by atoms with Gasteiger partial charge in [0.15, 0.2) is 0 Å². The first-order valence-corrected chi connectivity index (χ1v) is 8.06. The molecular formula is C17H20N2OS. The molecule has 0 aliphatic heterocycles. The van der Waals surface area contributed by atoms with E-state index < -0.39 is 0 Å². The Labute approximate surface area is 130 Å². The predicted octanol–water partition coefficient (Wildman–Crippen LogP) is 4.35. The zero-order chi connectivity index (χ0) is 15.2. The van der Waals surface area contributed by atoms with Crippen molar-refractivity contribution in [3.05, 3.63) is 59.2 Å². The average Bonchev–Trinajstić information content (AvgIpc) is 2.45. The summed E-state index contributed by atoms with van der Waals surface area (Å²) in [5, 5.41) is 5.78. The smallest absolute Gasteiger partial charge is 0.319 e. The van der Waals surface area contributed by atoms with E-state index in [1.807, 2.05) is 30.5 Å². The van der Waals surface area contributed by atoms with Crippen molar-refractivity contribution in [1.29, 1.82) is 0 Å². The second kappa shape index (κ2) is 7.18. The van der Waals surface area contributed by atoms with Crippen molar-refractivity contribution in [3.63, 3.8) is 0 Å². The standard InChI is InChI=1S/C17H20N2OS/c1-12-8-13(2)10-14(9-12)11-18-17(20)19-15-6-4-5-7-16(15)21-3/h4-10H,11H2,1-3H3,(H2,18,19,20). The summed E-state index contributed by atoms with van der Waals surface area (Å²) < 4.78 is 0. The van der Waals surface area contributed by atoms with Crippen LogP contribution >= 0.6 is 11.8 Å². The summed E-state index contributed by atoms with van der Waals surface area (Å²) in [6, 6.07) is 13.9. The zero-order valence-electron chi connectivity index (χ0n) is 12.6. The van der Waals surface area contributed by atoms with Gasteiger partial charge in [-0.3, -0.25) is 0 Å². The first kappa shape index (κ1) is 15.4. The molecule has 0 atom stereocenters. The Bertz CT molecular complexity index is 620. The van der Waals surface area contributed by atoms with Crippen LogP contribution in [-0.4, -0.2) is 12.3 Å². The van der Waals surface area contributed by atoms with Gasteiger partial charge < -0.3 is 10.6 Å². The first-order chi connectivity index (χ1) is 10.1. The van der Waals surface area contributed by atoms with Crippen LogP contribution in [0, 0.1) is 13.8 Å². The molecule has 2 amide bonds. The van der Waals surface area contributed by atoms with Crippen LogP contribution in [0.3, 0.4) is 0 Å². The lowest BCUT2D eigenvalue weighted by molar-refractivity contribution is 0.251. The molecule has 110 valence electrons. The Morgan fingerprint density at radius 3 is 2.43 bits per heavy atom. The Morgan fingerprint density at radius 1 is 1.10 bits per heavy atom. The van der Waals surface area contributed by atoms with Crippen LogP contribution in [-0.2, 0) is 6.54 Å². The first-order valence-electron chi connectivity index (χ1n) is 6.83. The quantitative estimate of drug-likeness (QED) is 0.824. The van der Waals surface area contributed by atoms with Gasteiger partial charge in [0.25, 0.3) is 0 Å². The molecule has 0 unspecified atom stereocenters. The van der Waals surface area contributed by atoms with Gasteiger partial charge in [-0.1, -0.05) is 41.5 Å². The number of urea groups is 1. The molecule has 4 heteroatoms. The molecular weight excluding hydrogens is 280 g/mol. The molecule has 0 aliphatic rings. The lowest BCUT2D eigenvalue weighted by Crippen LogP contribution is -2.28. The summed E-state index contributed by atoms with van der Waals surface area (Å²) in [5.41, 5.74) is 4.36. The Balaban J connectivity index is 1.96. The van der Waals surface area contributed by atoms with E-state index >= 15 is 0 Å². The second-order valence-corrected chi connectivity index (χ2v) is 5.85. The maximum Gasteiger partial charge on any atom is 0.319 e. The summed E-state index contributed by atoms with van der Waals surface area (Å²) >= 11 is 1.61. The van der Waals surface area contributed by atoms with Crippen molar-refractivity contribution in [3.8, 4) is 0 Å². The molecule has 2 N–H and O–H groups in total. The van der Waals surface area contributed by atoms with Crippen LogP contribution in [0.5, 0.6) is 0 Å². The van der Waals surface area contributed by atoms with Crippen molar-refractivity contribution >= 4 is 23.5 Å². The summed E-state index contributed by atoms with van der Waals surface area (Å²) in [6.07, 6.45) is 1.99. The molecule has 0 heterocycles. The molecule has 21 heavy (non-hydrogen) atoms. The number of aryl methyl sites for hydroxylation is 2. The minimum atomic E-state index is -0.185. The number of carbonyl (C=O) groups excluding carboxylic acids is 1. The van der Waals surface area contributed by atoms with Crippen LogP contribution in [0.1, 0.15) is 16.7 Å². The predicted molar refractivity (Wildman–Crippen MR) is 90.0 cm³/mol. The maximum atomic E-state index is 12.0. The highest BCUT2D eigenvalue weighted by Gasteiger charge is 2.05. The molecule has 0 saturated heterocycles. The van der Waals surface area contributed by atoms with E-state index in [2.05, 4.69) is 42.7 Å². The Morgan fingerprint density at radius 2 is 1.76 bits per heavy atom. The fraction of sp³-hybridized carbons (Fsp3) is 0.235. The molecule has 0 radical (unpaired) electrons. The number of benzene rings is 2. The SMILES string of the molecule is CSc1ccccc1NC(=O)NCc1cc(C)cc(C)c1. The number of hydrogen-bond donors (Lipinski definition) is 2. The number of para-hydroxylation sites is 1. The topological polar surface area (TPSA) is 41.1 Å². The van der Waals surface area contributed by atoms with Gasteiger partial charge >= 0.3 is 6.03 Å². The second-order valence-electron chi connectivity index (χ2n) is 5.00. The van der Waals surface area contributed by atoms with Gasteiger partial charge in [0.1, 0.15) is 0 Å². The van der Waals surface area contributed by atoms with E-state index in [1.165, 1.54) is 11.1 Å². The summed E-state index contributed by atoms with van der Waals surface area (Å²) in [5.74, 6) is 0. The van der Waals surface area contributed by atoms with Crippen LogP contribution in [0.25, 0.3) is 0 Å². The highest BCUT2D eigenvalue weighted by Crippen LogP contribution is 2.24. The van der Waals surface area contributed by atoms with Crippen LogP contribution in [0.15, 0.2) is 47.4 Å². The van der Waals surface area contributed by atoms with Crippen LogP contribution in [0.2, 0.25) is 0 Å². The van der Waals surface area contributed by atoms with E-state index in [-0.39, 0.29) is 6.03 Å². The number of carbonyl (C=O) groups is 1. The van der Waals surface area contributed by atoms with Crippen LogP contribution < -0.4 is 10.6 Å². The third-order valence-corrected chi connectivity index (χ3v) is 3.89. The van der Waals surface area contributed by atoms with E-state index in [9.17, 15) is 4.79 Å². The molecule has 3 nitrogen and oxygen atoms in total. The number of hydrogen-bond acceptors (Lipinski definition) is 2.